The Morgan fingerprint density at radius 2 is 1.84 bits per heavy atom. The van der Waals surface area contributed by atoms with E-state index in [1.807, 2.05) is 24.3 Å². The molecule has 2 N–H and O–H groups in total. The number of ether oxygens (including phenoxy) is 1. The molecule has 2 aliphatic heterocycles. The summed E-state index contributed by atoms with van der Waals surface area (Å²) in [6.07, 6.45) is 13.9. The lowest BCUT2D eigenvalue weighted by molar-refractivity contribution is -0.135. The topological polar surface area (TPSA) is 166 Å². The van der Waals surface area contributed by atoms with Gasteiger partial charge in [0.1, 0.15) is 17.4 Å². The van der Waals surface area contributed by atoms with Gasteiger partial charge in [-0.05, 0) is 82.2 Å². The Labute approximate surface area is 328 Å². The van der Waals surface area contributed by atoms with E-state index < -0.39 is 11.9 Å². The zero-order valence-electron chi connectivity index (χ0n) is 32.4. The van der Waals surface area contributed by atoms with Crippen LogP contribution in [0.1, 0.15) is 73.8 Å². The van der Waals surface area contributed by atoms with Crippen LogP contribution in [-0.2, 0) is 16.6 Å². The van der Waals surface area contributed by atoms with E-state index in [4.69, 9.17) is 9.84 Å². The van der Waals surface area contributed by atoms with Crippen molar-refractivity contribution in [1.29, 1.82) is 0 Å². The monoisotopic (exact) mass is 773 g/mol. The number of rotatable bonds is 9. The molecule has 1 unspecified atom stereocenters. The van der Waals surface area contributed by atoms with Crippen LogP contribution in [0.25, 0.3) is 27.6 Å². The van der Waals surface area contributed by atoms with Gasteiger partial charge < -0.3 is 19.9 Å². The molecule has 16 nitrogen and oxygen atoms in total. The minimum atomic E-state index is -0.699. The number of para-hydroxylation sites is 1. The molecule has 9 rings (SSSR count). The van der Waals surface area contributed by atoms with Gasteiger partial charge in [-0.3, -0.25) is 33.5 Å². The lowest BCUT2D eigenvalue weighted by Gasteiger charge is -2.40. The maximum Gasteiger partial charge on any atom is 0.329 e. The molecule has 0 bridgehead atoms. The molecule has 1 saturated carbocycles. The molecule has 2 saturated heterocycles. The minimum absolute atomic E-state index is 0.217. The number of aryl methyl sites for hydroxylation is 1. The first-order valence-corrected chi connectivity index (χ1v) is 19.8. The number of nitrogens with zero attached hydrogens (tertiary/aromatic N) is 9. The molecule has 4 aromatic heterocycles. The number of methoxy groups -OCH3 is 1. The summed E-state index contributed by atoms with van der Waals surface area (Å²) in [5, 5.41) is 15.5. The lowest BCUT2D eigenvalue weighted by atomic mass is 9.85. The Morgan fingerprint density at radius 1 is 1.04 bits per heavy atom. The van der Waals surface area contributed by atoms with Gasteiger partial charge in [0.05, 0.1) is 47.3 Å². The maximum absolute atomic E-state index is 13.5. The number of hydrogen-bond acceptors (Lipinski definition) is 10. The number of amides is 3. The van der Waals surface area contributed by atoms with Crippen LogP contribution < -0.4 is 26.0 Å². The van der Waals surface area contributed by atoms with Crippen LogP contribution in [0, 0.1) is 5.92 Å². The maximum atomic E-state index is 13.5. The normalized spacial score (nSPS) is 20.8. The van der Waals surface area contributed by atoms with Crippen molar-refractivity contribution < 1.29 is 19.1 Å². The number of nitrogens with one attached hydrogen (secondary N) is 2. The number of fused-ring (bicyclic) bond motifs is 3. The van der Waals surface area contributed by atoms with Crippen LogP contribution in [0.5, 0.6) is 5.75 Å². The summed E-state index contributed by atoms with van der Waals surface area (Å²) in [5.74, 6) is 0.120. The highest BCUT2D eigenvalue weighted by atomic mass is 16.5. The van der Waals surface area contributed by atoms with E-state index in [9.17, 15) is 19.2 Å². The molecule has 2 aromatic carbocycles. The third kappa shape index (κ3) is 6.70. The number of aromatic nitrogens is 7. The summed E-state index contributed by atoms with van der Waals surface area (Å²) in [6, 6.07) is 11.6. The zero-order valence-corrected chi connectivity index (χ0v) is 32.4. The molecule has 57 heavy (non-hydrogen) atoms. The summed E-state index contributed by atoms with van der Waals surface area (Å²) in [5.41, 5.74) is 4.55. The van der Waals surface area contributed by atoms with Gasteiger partial charge in [-0.2, -0.15) is 10.2 Å². The highest BCUT2D eigenvalue weighted by molar-refractivity contribution is 6.09. The van der Waals surface area contributed by atoms with E-state index in [2.05, 4.69) is 54.5 Å². The van der Waals surface area contributed by atoms with Crippen molar-refractivity contribution in [3.8, 4) is 5.75 Å². The van der Waals surface area contributed by atoms with Gasteiger partial charge in [0.2, 0.25) is 11.8 Å². The molecule has 0 spiro atoms. The predicted molar refractivity (Wildman–Crippen MR) is 215 cm³/mol. The summed E-state index contributed by atoms with van der Waals surface area (Å²) in [4.78, 5) is 60.4. The van der Waals surface area contributed by atoms with Crippen molar-refractivity contribution in [2.45, 2.75) is 69.5 Å². The molecule has 3 fully saturated rings. The summed E-state index contributed by atoms with van der Waals surface area (Å²) < 4.78 is 12.5. The summed E-state index contributed by atoms with van der Waals surface area (Å²) >= 11 is 0. The van der Waals surface area contributed by atoms with Crippen LogP contribution in [0.15, 0.2) is 66.0 Å². The number of piperidine rings is 2. The molecular formula is C41H47N11O5. The molecule has 1 aliphatic carbocycles. The van der Waals surface area contributed by atoms with Crippen LogP contribution in [0.4, 0.5) is 11.4 Å². The number of carbonyl (C=O) groups is 3. The average Bonchev–Trinajstić information content (AvgIpc) is 3.92. The number of carbonyl (C=O) groups excluding carboxylic acids is 3. The smallest absolute Gasteiger partial charge is 0.329 e. The molecule has 6 aromatic rings. The van der Waals surface area contributed by atoms with E-state index in [0.29, 0.717) is 47.1 Å². The highest BCUT2D eigenvalue weighted by Gasteiger charge is 2.33. The minimum Gasteiger partial charge on any atom is -0.494 e. The first-order chi connectivity index (χ1) is 27.7. The van der Waals surface area contributed by atoms with Crippen molar-refractivity contribution in [3.63, 3.8) is 0 Å². The lowest BCUT2D eigenvalue weighted by Crippen LogP contribution is -2.45. The molecule has 1 atom stereocenters. The second-order valence-electron chi connectivity index (χ2n) is 15.8. The molecule has 296 valence electrons. The van der Waals surface area contributed by atoms with Crippen LogP contribution in [-0.4, -0.2) is 96.0 Å². The molecule has 3 amide bonds. The summed E-state index contributed by atoms with van der Waals surface area (Å²) in [6.45, 7) is 2.80. The molecular weight excluding hydrogens is 727 g/mol. The zero-order chi connectivity index (χ0) is 39.4. The van der Waals surface area contributed by atoms with Crippen molar-refractivity contribution in [1.82, 2.24) is 43.7 Å². The van der Waals surface area contributed by atoms with E-state index in [-0.39, 0.29) is 23.9 Å². The third-order valence-electron chi connectivity index (χ3n) is 12.4. The SMILES string of the molecule is COc1cc2nn(C3CCC(CN(C)C4CCN(c5cccc6c5n(C)c(=O)n6C5CCC(=O)NC5=O)CC4)CC3)cc2cc1NC(=O)c1cnn2cccnc12. The fraction of sp³-hybridized carbons (Fsp3) is 0.439. The van der Waals surface area contributed by atoms with Crippen LogP contribution in [0.2, 0.25) is 0 Å². The van der Waals surface area contributed by atoms with E-state index in [1.54, 1.807) is 46.3 Å². The molecule has 16 heteroatoms. The van der Waals surface area contributed by atoms with E-state index >= 15 is 0 Å². The second-order valence-corrected chi connectivity index (χ2v) is 15.8. The second kappa shape index (κ2) is 14.8. The largest absolute Gasteiger partial charge is 0.494 e. The number of imidazole rings is 1. The molecule has 3 aliphatic rings. The Kier molecular flexibility index (Phi) is 9.51. The van der Waals surface area contributed by atoms with Gasteiger partial charge in [0.25, 0.3) is 5.91 Å². The predicted octanol–water partition coefficient (Wildman–Crippen LogP) is 4.30. The first kappa shape index (κ1) is 36.6. The number of hydrogen-bond donors (Lipinski definition) is 2. The van der Waals surface area contributed by atoms with Gasteiger partial charge in [0, 0.05) is 69.2 Å². The van der Waals surface area contributed by atoms with E-state index in [0.717, 1.165) is 85.8 Å². The quantitative estimate of drug-likeness (QED) is 0.203. The Bertz CT molecular complexity index is 2570. The van der Waals surface area contributed by atoms with Gasteiger partial charge in [-0.15, -0.1) is 0 Å². The van der Waals surface area contributed by atoms with Crippen molar-refractivity contribution in [3.05, 3.63) is 77.2 Å². The number of benzene rings is 2. The number of imide groups is 1. The van der Waals surface area contributed by atoms with Crippen molar-refractivity contribution >= 4 is 56.7 Å². The fourth-order valence-electron chi connectivity index (χ4n) is 9.30. The van der Waals surface area contributed by atoms with E-state index in [1.165, 1.54) is 6.20 Å². The average molecular weight is 774 g/mol. The van der Waals surface area contributed by atoms with Crippen LogP contribution >= 0.6 is 0 Å². The number of anilines is 2. The van der Waals surface area contributed by atoms with Crippen molar-refractivity contribution in [2.24, 2.45) is 13.0 Å². The standard InChI is InChI=1S/C41H47N11O5/c1-47(27-14-18-49(19-15-27)32-6-4-7-33-37(32)48(2)41(56)52(33)34-12-13-36(53)45-40(34)55)23-25-8-10-28(11-9-25)51-24-26-20-31(35(57-3)21-30(26)46-51)44-39(54)29-22-43-50-17-5-16-42-38(29)50/h4-7,16-17,20-22,24-25,27-28,34H,8-15,18-19,23H2,1-3H3,(H,44,54)(H,45,53,55). The van der Waals surface area contributed by atoms with Gasteiger partial charge >= 0.3 is 5.69 Å². The first-order valence-electron chi connectivity index (χ1n) is 19.8. The Hall–Kier alpha value is -6.03. The van der Waals surface area contributed by atoms with Crippen molar-refractivity contribution in [2.75, 3.05) is 44.0 Å². The van der Waals surface area contributed by atoms with Gasteiger partial charge in [0.15, 0.2) is 5.65 Å². The Morgan fingerprint density at radius 3 is 2.61 bits per heavy atom. The van der Waals surface area contributed by atoms with Gasteiger partial charge in [-0.25, -0.2) is 14.3 Å². The summed E-state index contributed by atoms with van der Waals surface area (Å²) in [7, 11) is 5.61. The highest BCUT2D eigenvalue weighted by Crippen LogP contribution is 2.37. The molecule has 0 radical (unpaired) electrons. The Balaban J connectivity index is 0.806. The molecule has 6 heterocycles. The third-order valence-corrected chi connectivity index (χ3v) is 12.4. The van der Waals surface area contributed by atoms with Gasteiger partial charge in [-0.1, -0.05) is 6.07 Å². The van der Waals surface area contributed by atoms with Crippen LogP contribution in [0.3, 0.4) is 0 Å². The fourth-order valence-corrected chi connectivity index (χ4v) is 9.30.